The number of hydrogen-bond donors (Lipinski definition) is 3. The molecule has 0 bridgehead atoms. The van der Waals surface area contributed by atoms with Gasteiger partial charge in [0.15, 0.2) is 0 Å². The maximum absolute atomic E-state index is 13.7. The second-order valence-corrected chi connectivity index (χ2v) is 9.12. The van der Waals surface area contributed by atoms with Crippen LogP contribution in [0.25, 0.3) is 0 Å². The van der Waals surface area contributed by atoms with Gasteiger partial charge in [0.25, 0.3) is 11.8 Å². The van der Waals surface area contributed by atoms with E-state index in [1.807, 2.05) is 12.1 Å². The first-order valence-corrected chi connectivity index (χ1v) is 12.1. The second kappa shape index (κ2) is 10.7. The van der Waals surface area contributed by atoms with E-state index in [0.29, 0.717) is 27.7 Å². The lowest BCUT2D eigenvalue weighted by atomic mass is 10.1. The molecule has 0 saturated heterocycles. The molecule has 0 fully saturated rings. The number of pyridine rings is 2. The fourth-order valence-corrected chi connectivity index (χ4v) is 4.40. The van der Waals surface area contributed by atoms with Crippen LogP contribution >= 0.6 is 11.6 Å². The number of hydrogen-bond acceptors (Lipinski definition) is 6. The number of amides is 3. The van der Waals surface area contributed by atoms with Gasteiger partial charge in [0.05, 0.1) is 11.3 Å². The molecule has 5 rings (SSSR count). The van der Waals surface area contributed by atoms with Crippen LogP contribution in [0.15, 0.2) is 85.2 Å². The summed E-state index contributed by atoms with van der Waals surface area (Å²) in [4.78, 5) is 49.1. The Labute approximate surface area is 223 Å². The summed E-state index contributed by atoms with van der Waals surface area (Å²) in [5, 5.41) is 15.8. The zero-order valence-corrected chi connectivity index (χ0v) is 20.7. The summed E-state index contributed by atoms with van der Waals surface area (Å²) in [6.45, 7) is 0.142. The van der Waals surface area contributed by atoms with Gasteiger partial charge in [-0.25, -0.2) is 4.98 Å². The van der Waals surface area contributed by atoms with Gasteiger partial charge in [0.2, 0.25) is 11.8 Å². The quantitative estimate of drug-likeness (QED) is 0.343. The number of nitrogens with one attached hydrogen (secondary N) is 2. The smallest absolute Gasteiger partial charge is 0.261 e. The van der Waals surface area contributed by atoms with E-state index in [9.17, 15) is 19.5 Å². The van der Waals surface area contributed by atoms with Crippen molar-refractivity contribution in [3.05, 3.63) is 113 Å². The van der Waals surface area contributed by atoms with Gasteiger partial charge < -0.3 is 20.6 Å². The number of rotatable bonds is 6. The Balaban J connectivity index is 1.41. The minimum absolute atomic E-state index is 0.0499. The van der Waals surface area contributed by atoms with Crippen molar-refractivity contribution < 1.29 is 19.5 Å². The van der Waals surface area contributed by atoms with Gasteiger partial charge in [-0.2, -0.15) is 0 Å². The largest absolute Gasteiger partial charge is 0.493 e. The predicted octanol–water partition coefficient (Wildman–Crippen LogP) is 4.29. The van der Waals surface area contributed by atoms with E-state index in [4.69, 9.17) is 11.6 Å². The lowest BCUT2D eigenvalue weighted by Crippen LogP contribution is -2.46. The molecule has 0 spiro atoms. The van der Waals surface area contributed by atoms with Crippen LogP contribution in [0.4, 0.5) is 11.4 Å². The first-order valence-electron chi connectivity index (χ1n) is 11.7. The highest BCUT2D eigenvalue weighted by Crippen LogP contribution is 2.29. The standard InChI is InChI=1S/C28H22ClN5O4/c29-18-8-11-21-23(14-18)33-27(37)24(15-20-4-1-2-12-30-20)34(28(21)38)16-17-6-9-19(10-7-17)32-26(36)22-5-3-13-31-25(22)35/h1-14,24H,15-16H2,(H,31,35)(H,32,36)(H,33,37). The zero-order chi connectivity index (χ0) is 26.6. The number of nitrogens with zero attached hydrogens (tertiary/aromatic N) is 3. The van der Waals surface area contributed by atoms with Crippen LogP contribution in [0, 0.1) is 0 Å². The normalized spacial score (nSPS) is 14.9. The van der Waals surface area contributed by atoms with Crippen molar-refractivity contribution in [1.82, 2.24) is 14.9 Å². The number of fused-ring (bicyclic) bond motifs is 1. The fourth-order valence-electron chi connectivity index (χ4n) is 4.22. The molecule has 1 aliphatic heterocycles. The number of aromatic nitrogens is 2. The summed E-state index contributed by atoms with van der Waals surface area (Å²) >= 11 is 6.12. The van der Waals surface area contributed by atoms with Crippen LogP contribution in [0.5, 0.6) is 5.88 Å². The first-order chi connectivity index (χ1) is 18.4. The molecule has 3 heterocycles. The van der Waals surface area contributed by atoms with E-state index in [2.05, 4.69) is 20.6 Å². The summed E-state index contributed by atoms with van der Waals surface area (Å²) in [7, 11) is 0. The Morgan fingerprint density at radius 3 is 2.53 bits per heavy atom. The maximum Gasteiger partial charge on any atom is 0.261 e. The molecular formula is C28H22ClN5O4. The molecule has 1 unspecified atom stereocenters. The Kier molecular flexibility index (Phi) is 7.01. The molecule has 3 N–H and O–H groups in total. The van der Waals surface area contributed by atoms with E-state index in [1.54, 1.807) is 60.8 Å². The second-order valence-electron chi connectivity index (χ2n) is 8.68. The zero-order valence-electron chi connectivity index (χ0n) is 20.0. The summed E-state index contributed by atoms with van der Waals surface area (Å²) in [5.41, 5.74) is 2.66. The van der Waals surface area contributed by atoms with Crippen LogP contribution in [-0.2, 0) is 17.8 Å². The Bertz CT molecular complexity index is 1510. The van der Waals surface area contributed by atoms with Crippen LogP contribution in [0.2, 0.25) is 5.02 Å². The molecule has 10 heteroatoms. The molecule has 38 heavy (non-hydrogen) atoms. The fraction of sp³-hybridized carbons (Fsp3) is 0.107. The number of carbonyl (C=O) groups excluding carboxylic acids is 3. The van der Waals surface area contributed by atoms with Crippen molar-refractivity contribution in [2.75, 3.05) is 10.6 Å². The van der Waals surface area contributed by atoms with Gasteiger partial charge >= 0.3 is 0 Å². The average molecular weight is 528 g/mol. The third kappa shape index (κ3) is 5.33. The third-order valence-electron chi connectivity index (χ3n) is 6.13. The van der Waals surface area contributed by atoms with Crippen molar-refractivity contribution in [2.24, 2.45) is 0 Å². The molecular weight excluding hydrogens is 506 g/mol. The monoisotopic (exact) mass is 527 g/mol. The predicted molar refractivity (Wildman–Crippen MR) is 142 cm³/mol. The minimum Gasteiger partial charge on any atom is -0.493 e. The molecule has 0 saturated carbocycles. The van der Waals surface area contributed by atoms with E-state index in [0.717, 1.165) is 5.56 Å². The first kappa shape index (κ1) is 24.9. The highest BCUT2D eigenvalue weighted by molar-refractivity contribution is 6.31. The number of halogens is 1. The lowest BCUT2D eigenvalue weighted by Gasteiger charge is -2.29. The lowest BCUT2D eigenvalue weighted by molar-refractivity contribution is -0.120. The van der Waals surface area contributed by atoms with Crippen molar-refractivity contribution >= 4 is 40.7 Å². The maximum atomic E-state index is 13.7. The van der Waals surface area contributed by atoms with Crippen LogP contribution in [0.1, 0.15) is 32.0 Å². The molecule has 2 aromatic carbocycles. The van der Waals surface area contributed by atoms with E-state index in [1.165, 1.54) is 17.2 Å². The number of aromatic hydroxyl groups is 1. The van der Waals surface area contributed by atoms with Crippen LogP contribution < -0.4 is 10.6 Å². The number of anilines is 2. The molecule has 1 aliphatic rings. The van der Waals surface area contributed by atoms with Gasteiger partial charge in [-0.1, -0.05) is 29.8 Å². The van der Waals surface area contributed by atoms with Crippen molar-refractivity contribution in [1.29, 1.82) is 0 Å². The Morgan fingerprint density at radius 1 is 1.00 bits per heavy atom. The van der Waals surface area contributed by atoms with Gasteiger partial charge in [-0.3, -0.25) is 19.4 Å². The topological polar surface area (TPSA) is 125 Å². The highest BCUT2D eigenvalue weighted by Gasteiger charge is 2.36. The summed E-state index contributed by atoms with van der Waals surface area (Å²) in [5.74, 6) is -1.53. The number of carbonyl (C=O) groups is 3. The third-order valence-corrected chi connectivity index (χ3v) is 6.37. The van der Waals surface area contributed by atoms with Gasteiger partial charge in [-0.05, 0) is 60.2 Å². The molecule has 4 aromatic rings. The van der Waals surface area contributed by atoms with Crippen molar-refractivity contribution in [3.63, 3.8) is 0 Å². The molecule has 1 atom stereocenters. The minimum atomic E-state index is -0.823. The van der Waals surface area contributed by atoms with Crippen LogP contribution in [-0.4, -0.2) is 43.7 Å². The van der Waals surface area contributed by atoms with Crippen molar-refractivity contribution in [3.8, 4) is 5.88 Å². The summed E-state index contributed by atoms with van der Waals surface area (Å²) in [6.07, 6.45) is 3.26. The van der Waals surface area contributed by atoms with Crippen LogP contribution in [0.3, 0.4) is 0 Å². The molecule has 2 aromatic heterocycles. The Morgan fingerprint density at radius 2 is 1.79 bits per heavy atom. The summed E-state index contributed by atoms with van der Waals surface area (Å²) < 4.78 is 0. The molecule has 190 valence electrons. The SMILES string of the molecule is O=C(Nc1ccc(CN2C(=O)c3ccc(Cl)cc3NC(=O)C2Cc2ccccn2)cc1)c1cccnc1O. The Hall–Kier alpha value is -4.76. The van der Waals surface area contributed by atoms with Gasteiger partial charge in [0.1, 0.15) is 11.6 Å². The highest BCUT2D eigenvalue weighted by atomic mass is 35.5. The molecule has 0 radical (unpaired) electrons. The number of benzene rings is 2. The van der Waals surface area contributed by atoms with Gasteiger partial charge in [-0.15, -0.1) is 0 Å². The molecule has 3 amide bonds. The summed E-state index contributed by atoms with van der Waals surface area (Å²) in [6, 6.07) is 19.3. The van der Waals surface area contributed by atoms with E-state index >= 15 is 0 Å². The van der Waals surface area contributed by atoms with Gasteiger partial charge in [0, 0.05) is 41.8 Å². The average Bonchev–Trinajstić information content (AvgIpc) is 3.00. The van der Waals surface area contributed by atoms with Crippen molar-refractivity contribution in [2.45, 2.75) is 19.0 Å². The molecule has 0 aliphatic carbocycles. The van der Waals surface area contributed by atoms with E-state index in [-0.39, 0.29) is 36.2 Å². The van der Waals surface area contributed by atoms with E-state index < -0.39 is 11.9 Å². The molecule has 9 nitrogen and oxygen atoms in total.